The van der Waals surface area contributed by atoms with Crippen LogP contribution in [0.25, 0.3) is 0 Å². The highest BCUT2D eigenvalue weighted by molar-refractivity contribution is 5.94. The summed E-state index contributed by atoms with van der Waals surface area (Å²) in [4.78, 5) is 13.7. The number of nitrogens with one attached hydrogen (secondary N) is 1. The number of rotatable bonds is 4. The van der Waals surface area contributed by atoms with E-state index in [1.54, 1.807) is 0 Å². The van der Waals surface area contributed by atoms with E-state index in [1.807, 2.05) is 0 Å². The lowest BCUT2D eigenvalue weighted by Gasteiger charge is -2.36. The molecule has 2 rings (SSSR count). The molecule has 1 aromatic rings. The van der Waals surface area contributed by atoms with Crippen LogP contribution < -0.4 is 10.1 Å². The average molecular weight is 384 g/mol. The Bertz CT molecular complexity index is 615. The predicted molar refractivity (Wildman–Crippen MR) is 81.6 cm³/mol. The smallest absolute Gasteiger partial charge is 0.406 e. The van der Waals surface area contributed by atoms with Gasteiger partial charge in [0.1, 0.15) is 5.75 Å². The Morgan fingerprint density at radius 1 is 1.19 bits per heavy atom. The number of alkyl halides is 6. The van der Waals surface area contributed by atoms with Crippen LogP contribution in [-0.4, -0.2) is 42.5 Å². The van der Waals surface area contributed by atoms with Crippen LogP contribution >= 0.6 is 0 Å². The van der Waals surface area contributed by atoms with Crippen molar-refractivity contribution in [2.45, 2.75) is 38.3 Å². The van der Waals surface area contributed by atoms with Gasteiger partial charge in [0.15, 0.2) is 0 Å². The molecule has 1 aliphatic heterocycles. The van der Waals surface area contributed by atoms with E-state index in [1.165, 1.54) is 24.0 Å². The molecular weight excluding hydrogens is 366 g/mol. The van der Waals surface area contributed by atoms with Crippen LogP contribution in [0.2, 0.25) is 0 Å². The van der Waals surface area contributed by atoms with Gasteiger partial charge in [0, 0.05) is 12.2 Å². The minimum atomic E-state index is -4.82. The molecule has 0 saturated carbocycles. The Labute approximate surface area is 146 Å². The largest absolute Gasteiger partial charge is 0.573 e. The highest BCUT2D eigenvalue weighted by Crippen LogP contribution is 2.33. The summed E-state index contributed by atoms with van der Waals surface area (Å²) in [6.07, 6.45) is -8.74. The summed E-state index contributed by atoms with van der Waals surface area (Å²) in [6.45, 7) is 1.62. The molecule has 1 aliphatic rings. The van der Waals surface area contributed by atoms with Gasteiger partial charge >= 0.3 is 12.5 Å². The molecule has 0 radical (unpaired) electrons. The number of nitrogens with zero attached hydrogens (tertiary/aromatic N) is 1. The Morgan fingerprint density at radius 3 is 2.35 bits per heavy atom. The molecule has 1 aromatic carbocycles. The second-order valence-electron chi connectivity index (χ2n) is 6.11. The molecule has 2 atom stereocenters. The molecule has 146 valence electrons. The van der Waals surface area contributed by atoms with Gasteiger partial charge in [0.2, 0.25) is 5.91 Å². The number of piperidine rings is 1. The third-order valence-corrected chi connectivity index (χ3v) is 4.20. The van der Waals surface area contributed by atoms with Crippen LogP contribution in [0.5, 0.6) is 5.75 Å². The molecule has 1 fully saturated rings. The number of anilines is 1. The molecule has 4 nitrogen and oxygen atoms in total. The topological polar surface area (TPSA) is 41.6 Å². The Morgan fingerprint density at radius 2 is 1.81 bits per heavy atom. The first-order valence-corrected chi connectivity index (χ1v) is 7.93. The highest BCUT2D eigenvalue weighted by Gasteiger charge is 2.43. The van der Waals surface area contributed by atoms with Gasteiger partial charge in [-0.3, -0.25) is 9.69 Å². The van der Waals surface area contributed by atoms with E-state index in [2.05, 4.69) is 10.1 Å². The van der Waals surface area contributed by atoms with E-state index in [0.717, 1.165) is 12.1 Å². The lowest BCUT2D eigenvalue weighted by atomic mass is 9.96. The van der Waals surface area contributed by atoms with Crippen LogP contribution in [0.15, 0.2) is 24.3 Å². The average Bonchev–Trinajstić information content (AvgIpc) is 2.54. The fourth-order valence-electron chi connectivity index (χ4n) is 2.78. The maximum absolute atomic E-state index is 12.9. The Hall–Kier alpha value is -1.97. The molecule has 0 bridgehead atoms. The third-order valence-electron chi connectivity index (χ3n) is 4.20. The van der Waals surface area contributed by atoms with E-state index in [-0.39, 0.29) is 18.7 Å². The molecule has 10 heteroatoms. The van der Waals surface area contributed by atoms with E-state index < -0.39 is 36.2 Å². The van der Waals surface area contributed by atoms with E-state index in [4.69, 9.17) is 0 Å². The van der Waals surface area contributed by atoms with Gasteiger partial charge < -0.3 is 10.1 Å². The summed E-state index contributed by atoms with van der Waals surface area (Å²) < 4.78 is 78.6. The quantitative estimate of drug-likeness (QED) is 0.792. The molecule has 1 amide bonds. The zero-order valence-electron chi connectivity index (χ0n) is 13.8. The van der Waals surface area contributed by atoms with E-state index in [9.17, 15) is 31.1 Å². The van der Waals surface area contributed by atoms with Gasteiger partial charge in [-0.05, 0) is 50.6 Å². The SMILES string of the molecule is CC(C(=O)Nc1ccc(OC(F)(F)F)cc1)N1CCCC(C(F)(F)F)C1. The molecule has 0 spiro atoms. The summed E-state index contributed by atoms with van der Waals surface area (Å²) in [6, 6.07) is 3.72. The second kappa shape index (κ2) is 7.73. The Balaban J connectivity index is 1.94. The van der Waals surface area contributed by atoms with Gasteiger partial charge in [-0.1, -0.05) is 0 Å². The molecule has 26 heavy (non-hydrogen) atoms. The molecule has 2 unspecified atom stereocenters. The molecular formula is C16H18F6N2O2. The number of carbonyl (C=O) groups excluding carboxylic acids is 1. The van der Waals surface area contributed by atoms with Crippen LogP contribution in [0.1, 0.15) is 19.8 Å². The molecule has 0 aliphatic carbocycles. The summed E-state index contributed by atoms with van der Waals surface area (Å²) in [5, 5.41) is 2.48. The fraction of sp³-hybridized carbons (Fsp3) is 0.562. The van der Waals surface area contributed by atoms with Crippen molar-refractivity contribution in [3.8, 4) is 5.75 Å². The zero-order chi connectivity index (χ0) is 19.5. The van der Waals surface area contributed by atoms with Gasteiger partial charge in [-0.25, -0.2) is 0 Å². The van der Waals surface area contributed by atoms with Gasteiger partial charge in [-0.2, -0.15) is 13.2 Å². The number of carbonyl (C=O) groups is 1. The highest BCUT2D eigenvalue weighted by atomic mass is 19.4. The maximum Gasteiger partial charge on any atom is 0.573 e. The summed E-state index contributed by atoms with van der Waals surface area (Å²) in [7, 11) is 0. The van der Waals surface area contributed by atoms with Crippen molar-refractivity contribution in [3.05, 3.63) is 24.3 Å². The van der Waals surface area contributed by atoms with E-state index >= 15 is 0 Å². The van der Waals surface area contributed by atoms with Crippen molar-refractivity contribution in [1.82, 2.24) is 4.90 Å². The van der Waals surface area contributed by atoms with E-state index in [0.29, 0.717) is 13.0 Å². The first-order valence-electron chi connectivity index (χ1n) is 7.93. The first-order chi connectivity index (χ1) is 12.0. The molecule has 1 saturated heterocycles. The van der Waals surface area contributed by atoms with Crippen molar-refractivity contribution in [3.63, 3.8) is 0 Å². The van der Waals surface area contributed by atoms with Crippen molar-refractivity contribution in [2.75, 3.05) is 18.4 Å². The zero-order valence-corrected chi connectivity index (χ0v) is 13.8. The van der Waals surface area contributed by atoms with Gasteiger partial charge in [0.25, 0.3) is 0 Å². The third kappa shape index (κ3) is 5.79. The lowest BCUT2D eigenvalue weighted by Crippen LogP contribution is -2.49. The predicted octanol–water partition coefficient (Wildman–Crippen LogP) is 4.19. The molecule has 0 aromatic heterocycles. The maximum atomic E-state index is 12.9. The first kappa shape index (κ1) is 20.3. The van der Waals surface area contributed by atoms with Crippen molar-refractivity contribution < 1.29 is 35.9 Å². The summed E-state index contributed by atoms with van der Waals surface area (Å²) in [5.41, 5.74) is 0.223. The van der Waals surface area contributed by atoms with Crippen molar-refractivity contribution in [1.29, 1.82) is 0 Å². The molecule has 1 N–H and O–H groups in total. The normalized spacial score (nSPS) is 20.5. The number of benzene rings is 1. The number of halogens is 6. The number of ether oxygens (including phenoxy) is 1. The lowest BCUT2D eigenvalue weighted by molar-refractivity contribution is -0.274. The van der Waals surface area contributed by atoms with Crippen molar-refractivity contribution in [2.24, 2.45) is 5.92 Å². The molecule has 1 heterocycles. The standard InChI is InChI=1S/C16H18F6N2O2/c1-10(24-8-2-3-11(9-24)15(17,18)19)14(25)23-12-4-6-13(7-5-12)26-16(20,21)22/h4-7,10-11H,2-3,8-9H2,1H3,(H,23,25). The number of hydrogen-bond acceptors (Lipinski definition) is 3. The minimum absolute atomic E-state index is 0.0367. The second-order valence-corrected chi connectivity index (χ2v) is 6.11. The van der Waals surface area contributed by atoms with Gasteiger partial charge in [0.05, 0.1) is 12.0 Å². The Kier molecular flexibility index (Phi) is 6.05. The van der Waals surface area contributed by atoms with Crippen LogP contribution in [0.3, 0.4) is 0 Å². The van der Waals surface area contributed by atoms with Crippen LogP contribution in [0, 0.1) is 5.92 Å². The fourth-order valence-corrected chi connectivity index (χ4v) is 2.78. The monoisotopic (exact) mass is 384 g/mol. The van der Waals surface area contributed by atoms with Gasteiger partial charge in [-0.15, -0.1) is 13.2 Å². The summed E-state index contributed by atoms with van der Waals surface area (Å²) in [5.74, 6) is -2.43. The van der Waals surface area contributed by atoms with Crippen LogP contribution in [-0.2, 0) is 4.79 Å². The number of hydrogen-bond donors (Lipinski definition) is 1. The minimum Gasteiger partial charge on any atom is -0.406 e. The van der Waals surface area contributed by atoms with Crippen molar-refractivity contribution >= 4 is 11.6 Å². The van der Waals surface area contributed by atoms with Crippen LogP contribution in [0.4, 0.5) is 32.0 Å². The number of amides is 1. The number of likely N-dealkylation sites (tertiary alicyclic amines) is 1. The summed E-state index contributed by atoms with van der Waals surface area (Å²) >= 11 is 0.